The van der Waals surface area contributed by atoms with Crippen molar-refractivity contribution in [3.05, 3.63) is 22.4 Å². The summed E-state index contributed by atoms with van der Waals surface area (Å²) in [4.78, 5) is 18.8. The van der Waals surface area contributed by atoms with E-state index < -0.39 is 5.60 Å². The molecule has 0 aromatic carbocycles. The number of aliphatic imine (C=N–C) groups is 1. The molecular formula is C15H27IN4O2S. The molecule has 6 nitrogen and oxygen atoms in total. The molecule has 0 spiro atoms. The van der Waals surface area contributed by atoms with Gasteiger partial charge in [0.1, 0.15) is 5.60 Å². The lowest BCUT2D eigenvalue weighted by Gasteiger charge is -2.24. The number of carbonyl (C=O) groups is 1. The summed E-state index contributed by atoms with van der Waals surface area (Å²) >= 11 is 1.72. The van der Waals surface area contributed by atoms with E-state index in [1.807, 2.05) is 32.2 Å². The molecule has 0 aliphatic carbocycles. The molecule has 1 aromatic heterocycles. The molecular weight excluding hydrogens is 427 g/mol. The van der Waals surface area contributed by atoms with Crippen molar-refractivity contribution < 1.29 is 9.53 Å². The van der Waals surface area contributed by atoms with Crippen LogP contribution in [0.25, 0.3) is 0 Å². The summed E-state index contributed by atoms with van der Waals surface area (Å²) in [7, 11) is 1.69. The molecule has 3 N–H and O–H groups in total. The van der Waals surface area contributed by atoms with Crippen LogP contribution in [-0.2, 0) is 11.2 Å². The number of carbonyl (C=O) groups excluding carboxylic acids is 1. The van der Waals surface area contributed by atoms with Gasteiger partial charge in [0, 0.05) is 38.0 Å². The van der Waals surface area contributed by atoms with Crippen molar-refractivity contribution in [2.24, 2.45) is 10.7 Å². The van der Waals surface area contributed by atoms with Crippen LogP contribution in [0, 0.1) is 0 Å². The number of guanidine groups is 1. The van der Waals surface area contributed by atoms with E-state index >= 15 is 0 Å². The van der Waals surface area contributed by atoms with Gasteiger partial charge in [-0.05, 0) is 32.2 Å². The average molecular weight is 454 g/mol. The highest BCUT2D eigenvalue weighted by molar-refractivity contribution is 14.0. The molecule has 1 amide bonds. The fourth-order valence-electron chi connectivity index (χ4n) is 1.58. The van der Waals surface area contributed by atoms with Crippen LogP contribution in [0.1, 0.15) is 25.6 Å². The first-order valence-electron chi connectivity index (χ1n) is 7.28. The van der Waals surface area contributed by atoms with Crippen LogP contribution < -0.4 is 11.1 Å². The maximum atomic E-state index is 11.8. The second kappa shape index (κ2) is 10.7. The predicted molar refractivity (Wildman–Crippen MR) is 107 cm³/mol. The molecule has 1 heterocycles. The minimum Gasteiger partial charge on any atom is -0.444 e. The van der Waals surface area contributed by atoms with Crippen molar-refractivity contribution in [3.8, 4) is 0 Å². The van der Waals surface area contributed by atoms with Crippen molar-refractivity contribution in [2.75, 3.05) is 26.7 Å². The summed E-state index contributed by atoms with van der Waals surface area (Å²) in [6.07, 6.45) is 0.542. The van der Waals surface area contributed by atoms with Gasteiger partial charge in [0.05, 0.1) is 0 Å². The summed E-state index contributed by atoms with van der Waals surface area (Å²) < 4.78 is 5.26. The van der Waals surface area contributed by atoms with Crippen LogP contribution in [0.15, 0.2) is 22.5 Å². The molecule has 0 atom stereocenters. The van der Waals surface area contributed by atoms with E-state index in [9.17, 15) is 4.79 Å². The highest BCUT2D eigenvalue weighted by Gasteiger charge is 2.19. The fourth-order valence-corrected chi connectivity index (χ4v) is 2.28. The van der Waals surface area contributed by atoms with E-state index in [0.717, 1.165) is 6.42 Å². The number of nitrogens with one attached hydrogen (secondary N) is 1. The zero-order valence-electron chi connectivity index (χ0n) is 14.2. The number of hydrogen-bond donors (Lipinski definition) is 2. The lowest BCUT2D eigenvalue weighted by molar-refractivity contribution is 0.0302. The van der Waals surface area contributed by atoms with Crippen molar-refractivity contribution in [3.63, 3.8) is 0 Å². The Bertz CT molecular complexity index is 486. The van der Waals surface area contributed by atoms with Crippen LogP contribution in [0.3, 0.4) is 0 Å². The summed E-state index contributed by atoms with van der Waals surface area (Å²) in [5, 5.41) is 5.04. The lowest BCUT2D eigenvalue weighted by atomic mass is 10.2. The first kappa shape index (κ1) is 22.0. The number of ether oxygens (including phenoxy) is 1. The zero-order valence-corrected chi connectivity index (χ0v) is 17.3. The van der Waals surface area contributed by atoms with Gasteiger partial charge in [-0.1, -0.05) is 6.07 Å². The predicted octanol–water partition coefficient (Wildman–Crippen LogP) is 2.68. The van der Waals surface area contributed by atoms with Crippen molar-refractivity contribution >= 4 is 47.4 Å². The quantitative estimate of drug-likeness (QED) is 0.394. The van der Waals surface area contributed by atoms with Gasteiger partial charge >= 0.3 is 6.09 Å². The maximum absolute atomic E-state index is 11.8. The first-order valence-corrected chi connectivity index (χ1v) is 8.16. The molecule has 23 heavy (non-hydrogen) atoms. The van der Waals surface area contributed by atoms with Crippen LogP contribution >= 0.6 is 35.3 Å². The molecule has 0 saturated heterocycles. The largest absolute Gasteiger partial charge is 0.444 e. The van der Waals surface area contributed by atoms with Gasteiger partial charge in [-0.15, -0.1) is 35.3 Å². The Kier molecular flexibility index (Phi) is 10.2. The third-order valence-corrected chi connectivity index (χ3v) is 3.62. The number of thiophene rings is 1. The summed E-state index contributed by atoms with van der Waals surface area (Å²) in [6.45, 7) is 7.21. The van der Waals surface area contributed by atoms with E-state index in [2.05, 4.69) is 16.4 Å². The molecule has 0 aliphatic heterocycles. The summed E-state index contributed by atoms with van der Waals surface area (Å²) in [5.41, 5.74) is 5.30. The number of nitrogens with zero attached hydrogens (tertiary/aromatic N) is 2. The number of rotatable bonds is 6. The Balaban J connectivity index is 0.00000484. The van der Waals surface area contributed by atoms with Gasteiger partial charge < -0.3 is 20.7 Å². The molecule has 0 radical (unpaired) electrons. The standard InChI is InChI=1S/C15H26N4O2S.HI/c1-15(2,3)21-14(20)19(4)10-9-18-13(16)17-8-7-12-6-5-11-22-12;/h5-6,11H,7-10H2,1-4H3,(H3,16,17,18);1H. The van der Waals surface area contributed by atoms with Gasteiger partial charge in [0.2, 0.25) is 0 Å². The molecule has 0 fully saturated rings. The number of amides is 1. The number of likely N-dealkylation sites (N-methyl/N-ethyl adjacent to an activating group) is 1. The monoisotopic (exact) mass is 454 g/mol. The van der Waals surface area contributed by atoms with Crippen molar-refractivity contribution in [2.45, 2.75) is 32.8 Å². The molecule has 0 aliphatic rings. The molecule has 1 aromatic rings. The van der Waals surface area contributed by atoms with Gasteiger partial charge in [-0.2, -0.15) is 0 Å². The van der Waals surface area contributed by atoms with Crippen LogP contribution in [0.2, 0.25) is 0 Å². The topological polar surface area (TPSA) is 80.0 Å². The molecule has 0 unspecified atom stereocenters. The van der Waals surface area contributed by atoms with Gasteiger partial charge in [-0.25, -0.2) is 4.79 Å². The molecule has 132 valence electrons. The second-order valence-corrected chi connectivity index (χ2v) is 6.96. The van der Waals surface area contributed by atoms with Crippen LogP contribution in [0.4, 0.5) is 4.79 Å². The lowest BCUT2D eigenvalue weighted by Crippen LogP contribution is -2.41. The van der Waals surface area contributed by atoms with Crippen LogP contribution in [-0.4, -0.2) is 49.2 Å². The Morgan fingerprint density at radius 2 is 2.17 bits per heavy atom. The number of hydrogen-bond acceptors (Lipinski definition) is 4. The second-order valence-electron chi connectivity index (χ2n) is 5.92. The summed E-state index contributed by atoms with van der Waals surface area (Å²) in [5.74, 6) is 0.397. The Labute approximate surface area is 159 Å². The normalized spacial score (nSPS) is 11.6. The van der Waals surface area contributed by atoms with Gasteiger partial charge in [0.25, 0.3) is 0 Å². The Hall–Kier alpha value is -1.03. The number of halogens is 1. The number of nitrogens with two attached hydrogens (primary N) is 1. The van der Waals surface area contributed by atoms with E-state index in [4.69, 9.17) is 10.5 Å². The Morgan fingerprint density at radius 3 is 2.74 bits per heavy atom. The third-order valence-electron chi connectivity index (χ3n) is 2.68. The molecule has 0 saturated carbocycles. The minimum atomic E-state index is -0.485. The van der Waals surface area contributed by atoms with Crippen molar-refractivity contribution in [1.29, 1.82) is 0 Å². The van der Waals surface area contributed by atoms with E-state index in [1.165, 1.54) is 9.78 Å². The maximum Gasteiger partial charge on any atom is 0.410 e. The fraction of sp³-hybridized carbons (Fsp3) is 0.600. The first-order chi connectivity index (χ1) is 10.3. The minimum absolute atomic E-state index is 0. The average Bonchev–Trinajstić information content (AvgIpc) is 2.89. The molecule has 8 heteroatoms. The summed E-state index contributed by atoms with van der Waals surface area (Å²) in [6, 6.07) is 4.11. The molecule has 0 bridgehead atoms. The van der Waals surface area contributed by atoms with Crippen LogP contribution in [0.5, 0.6) is 0 Å². The van der Waals surface area contributed by atoms with Gasteiger partial charge in [0.15, 0.2) is 5.96 Å². The highest BCUT2D eigenvalue weighted by Crippen LogP contribution is 2.09. The van der Waals surface area contributed by atoms with E-state index in [-0.39, 0.29) is 30.1 Å². The third kappa shape index (κ3) is 10.4. The molecule has 1 rings (SSSR count). The van der Waals surface area contributed by atoms with E-state index in [1.54, 1.807) is 18.4 Å². The smallest absolute Gasteiger partial charge is 0.410 e. The van der Waals surface area contributed by atoms with Crippen molar-refractivity contribution in [1.82, 2.24) is 10.2 Å². The van der Waals surface area contributed by atoms with Gasteiger partial charge in [-0.3, -0.25) is 4.99 Å². The highest BCUT2D eigenvalue weighted by atomic mass is 127. The Morgan fingerprint density at radius 1 is 1.48 bits per heavy atom. The zero-order chi connectivity index (χ0) is 16.6. The van der Waals surface area contributed by atoms with E-state index in [0.29, 0.717) is 25.6 Å². The SMILES string of the molecule is CN(CCNC(N)=NCCc1cccs1)C(=O)OC(C)(C)C.I.